The van der Waals surface area contributed by atoms with Crippen molar-refractivity contribution < 1.29 is 4.79 Å². The van der Waals surface area contributed by atoms with Crippen molar-refractivity contribution in [1.29, 1.82) is 0 Å². The fourth-order valence-electron chi connectivity index (χ4n) is 1.53. The molecule has 5 heteroatoms. The highest BCUT2D eigenvalue weighted by Crippen LogP contribution is 2.26. The molecule has 0 radical (unpaired) electrons. The van der Waals surface area contributed by atoms with Gasteiger partial charge in [-0.05, 0) is 25.0 Å². The summed E-state index contributed by atoms with van der Waals surface area (Å²) in [6.45, 7) is 4.59. The van der Waals surface area contributed by atoms with Gasteiger partial charge >= 0.3 is 0 Å². The molecule has 0 aliphatic carbocycles. The van der Waals surface area contributed by atoms with E-state index in [1.54, 1.807) is 0 Å². The quantitative estimate of drug-likeness (QED) is 0.761. The Kier molecular flexibility index (Phi) is 6.69. The smallest absolute Gasteiger partial charge is 0.230 e. The number of nitrogens with one attached hydrogen (secondary N) is 1. The van der Waals surface area contributed by atoms with Gasteiger partial charge in [0.15, 0.2) is 0 Å². The maximum Gasteiger partial charge on any atom is 0.230 e. The van der Waals surface area contributed by atoms with Crippen LogP contribution in [-0.4, -0.2) is 23.7 Å². The standard InChI is InChI=1S/C14H21ClN2OS/c1-3-14(16,4-2)10-17-13(18)9-19-12-8-6-5-7-11(12)15/h5-8H,3-4,9-10,16H2,1-2H3,(H,17,18). The number of hydrogen-bond donors (Lipinski definition) is 2. The Morgan fingerprint density at radius 3 is 2.58 bits per heavy atom. The zero-order valence-corrected chi connectivity index (χ0v) is 13.0. The molecule has 0 fully saturated rings. The third-order valence-electron chi connectivity index (χ3n) is 3.24. The van der Waals surface area contributed by atoms with Crippen molar-refractivity contribution >= 4 is 29.3 Å². The van der Waals surface area contributed by atoms with Crippen LogP contribution >= 0.6 is 23.4 Å². The highest BCUT2D eigenvalue weighted by atomic mass is 35.5. The van der Waals surface area contributed by atoms with Crippen molar-refractivity contribution in [3.8, 4) is 0 Å². The second-order valence-corrected chi connectivity index (χ2v) is 5.99. The number of carbonyl (C=O) groups excluding carboxylic acids is 1. The van der Waals surface area contributed by atoms with Gasteiger partial charge in [-0.2, -0.15) is 0 Å². The lowest BCUT2D eigenvalue weighted by Crippen LogP contribution is -2.49. The maximum absolute atomic E-state index is 11.8. The first-order chi connectivity index (χ1) is 9.00. The minimum Gasteiger partial charge on any atom is -0.354 e. The highest BCUT2D eigenvalue weighted by molar-refractivity contribution is 8.00. The molecule has 3 N–H and O–H groups in total. The Morgan fingerprint density at radius 1 is 1.37 bits per heavy atom. The van der Waals surface area contributed by atoms with Crippen molar-refractivity contribution in [3.05, 3.63) is 29.3 Å². The molecule has 0 aliphatic rings. The molecule has 0 aromatic heterocycles. The van der Waals surface area contributed by atoms with Gasteiger partial charge in [-0.3, -0.25) is 4.79 Å². The van der Waals surface area contributed by atoms with Crippen molar-refractivity contribution in [3.63, 3.8) is 0 Å². The van der Waals surface area contributed by atoms with Gasteiger partial charge in [0, 0.05) is 17.0 Å². The Morgan fingerprint density at radius 2 is 2.00 bits per heavy atom. The monoisotopic (exact) mass is 300 g/mol. The fraction of sp³-hybridized carbons (Fsp3) is 0.500. The lowest BCUT2D eigenvalue weighted by Gasteiger charge is -2.26. The minimum absolute atomic E-state index is 0.0124. The van der Waals surface area contributed by atoms with Gasteiger partial charge in [0.25, 0.3) is 0 Å². The Hall–Kier alpha value is -0.710. The van der Waals surface area contributed by atoms with Gasteiger partial charge in [-0.15, -0.1) is 11.8 Å². The van der Waals surface area contributed by atoms with Crippen LogP contribution in [0.25, 0.3) is 0 Å². The Balaban J connectivity index is 2.39. The molecule has 0 aliphatic heterocycles. The summed E-state index contributed by atoms with van der Waals surface area (Å²) < 4.78 is 0. The second-order valence-electron chi connectivity index (χ2n) is 4.57. The predicted octanol–water partition coefficient (Wildman–Crippen LogP) is 3.07. The van der Waals surface area contributed by atoms with Crippen molar-refractivity contribution in [2.24, 2.45) is 5.73 Å². The van der Waals surface area contributed by atoms with Crippen molar-refractivity contribution in [1.82, 2.24) is 5.32 Å². The van der Waals surface area contributed by atoms with Crippen LogP contribution in [0.5, 0.6) is 0 Å². The van der Waals surface area contributed by atoms with Crippen LogP contribution in [0.2, 0.25) is 5.02 Å². The molecule has 0 saturated carbocycles. The largest absolute Gasteiger partial charge is 0.354 e. The molecule has 3 nitrogen and oxygen atoms in total. The Labute approximate surface area is 124 Å². The van der Waals surface area contributed by atoms with Crippen LogP contribution in [0, 0.1) is 0 Å². The SMILES string of the molecule is CCC(N)(CC)CNC(=O)CSc1ccccc1Cl. The zero-order valence-electron chi connectivity index (χ0n) is 11.4. The van der Waals surface area contributed by atoms with Crippen LogP contribution < -0.4 is 11.1 Å². The average molecular weight is 301 g/mol. The van der Waals surface area contributed by atoms with E-state index in [9.17, 15) is 4.79 Å². The van der Waals surface area contributed by atoms with E-state index >= 15 is 0 Å². The second kappa shape index (κ2) is 7.78. The molecule has 0 atom stereocenters. The van der Waals surface area contributed by atoms with E-state index in [1.807, 2.05) is 38.1 Å². The molecule has 1 aromatic rings. The van der Waals surface area contributed by atoms with Gasteiger partial charge in [-0.1, -0.05) is 37.6 Å². The van der Waals surface area contributed by atoms with Crippen LogP contribution in [0.1, 0.15) is 26.7 Å². The number of amides is 1. The fourth-order valence-corrected chi connectivity index (χ4v) is 2.60. The number of nitrogens with two attached hydrogens (primary N) is 1. The zero-order chi connectivity index (χ0) is 14.3. The molecule has 0 heterocycles. The summed E-state index contributed by atoms with van der Waals surface area (Å²) in [4.78, 5) is 12.7. The number of carbonyl (C=O) groups is 1. The molecule has 106 valence electrons. The average Bonchev–Trinajstić information content (AvgIpc) is 2.44. The van der Waals surface area contributed by atoms with E-state index < -0.39 is 0 Å². The summed E-state index contributed by atoms with van der Waals surface area (Å²) in [6.07, 6.45) is 1.70. The minimum atomic E-state index is -0.301. The molecular weight excluding hydrogens is 280 g/mol. The summed E-state index contributed by atoms with van der Waals surface area (Å²) in [5.41, 5.74) is 5.83. The number of halogens is 1. The van der Waals surface area contributed by atoms with Gasteiger partial charge < -0.3 is 11.1 Å². The first-order valence-electron chi connectivity index (χ1n) is 6.43. The topological polar surface area (TPSA) is 55.1 Å². The molecule has 0 spiro atoms. The van der Waals surface area contributed by atoms with Crippen LogP contribution in [-0.2, 0) is 4.79 Å². The first kappa shape index (κ1) is 16.3. The van der Waals surface area contributed by atoms with E-state index in [-0.39, 0.29) is 11.4 Å². The summed E-state index contributed by atoms with van der Waals surface area (Å²) >= 11 is 7.47. The molecule has 19 heavy (non-hydrogen) atoms. The number of thioether (sulfide) groups is 1. The summed E-state index contributed by atoms with van der Waals surface area (Å²) in [5.74, 6) is 0.342. The molecule has 1 amide bonds. The summed E-state index contributed by atoms with van der Waals surface area (Å²) in [7, 11) is 0. The normalized spacial score (nSPS) is 11.4. The molecule has 1 rings (SSSR count). The first-order valence-corrected chi connectivity index (χ1v) is 7.80. The van der Waals surface area contributed by atoms with Crippen molar-refractivity contribution in [2.75, 3.05) is 12.3 Å². The van der Waals surface area contributed by atoms with E-state index in [2.05, 4.69) is 5.32 Å². The molecule has 0 bridgehead atoms. The van der Waals surface area contributed by atoms with Gasteiger partial charge in [-0.25, -0.2) is 0 Å². The number of hydrogen-bond acceptors (Lipinski definition) is 3. The molecule has 0 unspecified atom stereocenters. The predicted molar refractivity (Wildman–Crippen MR) is 82.7 cm³/mol. The molecular formula is C14H21ClN2OS. The third-order valence-corrected chi connectivity index (χ3v) is 4.76. The lowest BCUT2D eigenvalue weighted by molar-refractivity contribution is -0.118. The van der Waals surface area contributed by atoms with E-state index in [1.165, 1.54) is 11.8 Å². The Bertz CT molecular complexity index is 422. The van der Waals surface area contributed by atoms with Gasteiger partial charge in [0.1, 0.15) is 0 Å². The van der Waals surface area contributed by atoms with Crippen LogP contribution in [0.3, 0.4) is 0 Å². The van der Waals surface area contributed by atoms with Crippen LogP contribution in [0.15, 0.2) is 29.2 Å². The van der Waals surface area contributed by atoms with Crippen LogP contribution in [0.4, 0.5) is 0 Å². The molecule has 0 saturated heterocycles. The van der Waals surface area contributed by atoms with E-state index in [4.69, 9.17) is 17.3 Å². The highest BCUT2D eigenvalue weighted by Gasteiger charge is 2.20. The molecule has 1 aromatic carbocycles. The number of rotatable bonds is 7. The summed E-state index contributed by atoms with van der Waals surface area (Å²) in [6, 6.07) is 7.51. The lowest BCUT2D eigenvalue weighted by atomic mass is 9.94. The summed E-state index contributed by atoms with van der Waals surface area (Å²) in [5, 5.41) is 3.56. The number of benzene rings is 1. The third kappa shape index (κ3) is 5.43. The maximum atomic E-state index is 11.8. The van der Waals surface area contributed by atoms with E-state index in [0.717, 1.165) is 17.7 Å². The van der Waals surface area contributed by atoms with E-state index in [0.29, 0.717) is 17.3 Å². The van der Waals surface area contributed by atoms with Gasteiger partial charge in [0.2, 0.25) is 5.91 Å². The van der Waals surface area contributed by atoms with Crippen molar-refractivity contribution in [2.45, 2.75) is 37.1 Å². The van der Waals surface area contributed by atoms with Gasteiger partial charge in [0.05, 0.1) is 10.8 Å².